The molecule has 36 heavy (non-hydrogen) atoms. The maximum atomic E-state index is 13.2. The number of fused-ring (bicyclic) bond motifs is 2. The minimum absolute atomic E-state index is 0.0277. The van der Waals surface area contributed by atoms with Crippen molar-refractivity contribution in [2.75, 3.05) is 4.90 Å². The lowest BCUT2D eigenvalue weighted by Gasteiger charge is -2.40. The molecule has 0 radical (unpaired) electrons. The molecule has 194 valence electrons. The van der Waals surface area contributed by atoms with E-state index in [1.807, 2.05) is 0 Å². The molecule has 0 spiro atoms. The van der Waals surface area contributed by atoms with Crippen molar-refractivity contribution in [2.24, 2.45) is 0 Å². The van der Waals surface area contributed by atoms with Crippen LogP contribution in [0.4, 0.5) is 5.82 Å². The van der Waals surface area contributed by atoms with Crippen LogP contribution < -0.4 is 15.0 Å². The fourth-order valence-electron chi connectivity index (χ4n) is 5.09. The van der Waals surface area contributed by atoms with Crippen molar-refractivity contribution in [3.8, 4) is 5.75 Å². The van der Waals surface area contributed by atoms with Crippen LogP contribution in [0.1, 0.15) is 69.3 Å². The molecule has 8 nitrogen and oxygen atoms in total. The molecule has 3 heterocycles. The van der Waals surface area contributed by atoms with Gasteiger partial charge in [0, 0.05) is 34.9 Å². The number of hydrogen-bond acceptors (Lipinski definition) is 6. The monoisotopic (exact) mass is 535 g/mol. The van der Waals surface area contributed by atoms with Crippen LogP contribution in [0.3, 0.4) is 0 Å². The van der Waals surface area contributed by atoms with E-state index in [1.165, 1.54) is 12.3 Å². The molecule has 0 aliphatic carbocycles. The molecule has 2 saturated heterocycles. The summed E-state index contributed by atoms with van der Waals surface area (Å²) >= 11 is 12.6. The predicted molar refractivity (Wildman–Crippen MR) is 138 cm³/mol. The number of anilines is 1. The number of benzene rings is 1. The van der Waals surface area contributed by atoms with Gasteiger partial charge >= 0.3 is 5.97 Å². The average Bonchev–Trinajstić information content (AvgIpc) is 3.05. The van der Waals surface area contributed by atoms with Crippen LogP contribution in [0.5, 0.6) is 5.75 Å². The highest BCUT2D eigenvalue weighted by atomic mass is 35.5. The Balaban J connectivity index is 1.43. The summed E-state index contributed by atoms with van der Waals surface area (Å²) in [5.41, 5.74) is -1.82. The molecule has 1 amide bonds. The molecule has 3 atom stereocenters. The second-order valence-electron chi connectivity index (χ2n) is 10.6. The Labute approximate surface area is 220 Å². The van der Waals surface area contributed by atoms with Gasteiger partial charge in [0.05, 0.1) is 16.2 Å². The molecular weight excluding hydrogens is 505 g/mol. The third-order valence-electron chi connectivity index (χ3n) is 6.92. The molecule has 1 unspecified atom stereocenters. The number of rotatable bonds is 7. The van der Waals surface area contributed by atoms with Crippen molar-refractivity contribution in [3.05, 3.63) is 51.6 Å². The number of ether oxygens (including phenoxy) is 1. The molecule has 2 fully saturated rings. The zero-order valence-electron chi connectivity index (χ0n) is 20.7. The van der Waals surface area contributed by atoms with E-state index in [-0.39, 0.29) is 40.4 Å². The smallest absolute Gasteiger partial charge is 0.337 e. The molecule has 3 N–H and O–H groups in total. The largest absolute Gasteiger partial charge is 0.478 e. The number of nitrogens with zero attached hydrogens (tertiary/aromatic N) is 2. The van der Waals surface area contributed by atoms with Crippen LogP contribution in [0.2, 0.25) is 10.0 Å². The Morgan fingerprint density at radius 3 is 2.25 bits per heavy atom. The van der Waals surface area contributed by atoms with Crippen LogP contribution in [-0.2, 0) is 10.4 Å². The molecule has 2 aromatic rings. The molecular formula is C26H31Cl2N3O5. The number of carbonyl (C=O) groups is 2. The van der Waals surface area contributed by atoms with E-state index in [1.54, 1.807) is 45.9 Å². The molecule has 10 heteroatoms. The van der Waals surface area contributed by atoms with Crippen LogP contribution in [-0.4, -0.2) is 50.8 Å². The SMILES string of the molecule is CC(C)(Oc1cc(C(C)(C)O)c(Cl)cc1Cl)C(=O)NC1C[C@H]2CC[C@@H](C1)N2c1ccc(C(=O)O)cn1. The van der Waals surface area contributed by atoms with Crippen molar-refractivity contribution >= 4 is 40.9 Å². The van der Waals surface area contributed by atoms with Crippen LogP contribution in [0.15, 0.2) is 30.5 Å². The molecule has 4 rings (SSSR count). The van der Waals surface area contributed by atoms with Crippen molar-refractivity contribution < 1.29 is 24.5 Å². The highest BCUT2D eigenvalue weighted by Crippen LogP contribution is 2.40. The number of halogens is 2. The maximum absolute atomic E-state index is 13.2. The highest BCUT2D eigenvalue weighted by Gasteiger charge is 2.43. The number of hydrogen-bond donors (Lipinski definition) is 3. The lowest BCUT2D eigenvalue weighted by molar-refractivity contribution is -0.135. The molecule has 2 aliphatic rings. The summed E-state index contributed by atoms with van der Waals surface area (Å²) < 4.78 is 6.03. The summed E-state index contributed by atoms with van der Waals surface area (Å²) in [7, 11) is 0. The van der Waals surface area contributed by atoms with Crippen molar-refractivity contribution in [1.29, 1.82) is 0 Å². The normalized spacial score (nSPS) is 21.9. The summed E-state index contributed by atoms with van der Waals surface area (Å²) in [5, 5.41) is 23.2. The van der Waals surface area contributed by atoms with Gasteiger partial charge in [0.2, 0.25) is 0 Å². The molecule has 0 saturated carbocycles. The van der Waals surface area contributed by atoms with E-state index >= 15 is 0 Å². The van der Waals surface area contributed by atoms with E-state index in [9.17, 15) is 14.7 Å². The molecule has 1 aromatic carbocycles. The Morgan fingerprint density at radius 1 is 1.08 bits per heavy atom. The number of piperidine rings is 1. The van der Waals surface area contributed by atoms with E-state index in [4.69, 9.17) is 33.0 Å². The van der Waals surface area contributed by atoms with Crippen molar-refractivity contribution in [3.63, 3.8) is 0 Å². The van der Waals surface area contributed by atoms with E-state index < -0.39 is 17.2 Å². The summed E-state index contributed by atoms with van der Waals surface area (Å²) in [6.07, 6.45) is 4.87. The lowest BCUT2D eigenvalue weighted by atomic mass is 9.96. The quantitative estimate of drug-likeness (QED) is 0.467. The Bertz CT molecular complexity index is 1150. The van der Waals surface area contributed by atoms with Gasteiger partial charge in [-0.15, -0.1) is 0 Å². The third-order valence-corrected chi connectivity index (χ3v) is 7.53. The van der Waals surface area contributed by atoms with Gasteiger partial charge in [-0.2, -0.15) is 0 Å². The summed E-state index contributed by atoms with van der Waals surface area (Å²) in [5.74, 6) is -0.232. The van der Waals surface area contributed by atoms with Crippen molar-refractivity contribution in [2.45, 2.75) is 82.7 Å². The number of carbonyl (C=O) groups excluding carboxylic acids is 1. The Hall–Kier alpha value is -2.55. The third kappa shape index (κ3) is 5.41. The first-order valence-corrected chi connectivity index (χ1v) is 12.7. The molecule has 2 aliphatic heterocycles. The number of carboxylic acid groups (broad SMARTS) is 1. The van der Waals surface area contributed by atoms with Crippen LogP contribution in [0, 0.1) is 0 Å². The predicted octanol–water partition coefficient (Wildman–Crippen LogP) is 4.79. The fraction of sp³-hybridized carbons (Fsp3) is 0.500. The van der Waals surface area contributed by atoms with Gasteiger partial charge in [0.1, 0.15) is 11.6 Å². The first kappa shape index (κ1) is 26.5. The van der Waals surface area contributed by atoms with Gasteiger partial charge in [-0.25, -0.2) is 9.78 Å². The van der Waals surface area contributed by atoms with Gasteiger partial charge in [0.25, 0.3) is 5.91 Å². The van der Waals surface area contributed by atoms with Gasteiger partial charge < -0.3 is 25.2 Å². The van der Waals surface area contributed by atoms with Gasteiger partial charge in [-0.05, 0) is 77.6 Å². The average molecular weight is 536 g/mol. The van der Waals surface area contributed by atoms with Crippen LogP contribution >= 0.6 is 23.2 Å². The number of pyridine rings is 1. The number of aromatic nitrogens is 1. The van der Waals surface area contributed by atoms with Crippen molar-refractivity contribution in [1.82, 2.24) is 10.3 Å². The van der Waals surface area contributed by atoms with Gasteiger partial charge in [0.15, 0.2) is 5.60 Å². The number of aromatic carboxylic acids is 1. The van der Waals surface area contributed by atoms with E-state index in [0.717, 1.165) is 31.5 Å². The van der Waals surface area contributed by atoms with Gasteiger partial charge in [-0.1, -0.05) is 23.2 Å². The zero-order chi connectivity index (χ0) is 26.4. The Kier molecular flexibility index (Phi) is 7.16. The number of amides is 1. The first-order chi connectivity index (χ1) is 16.8. The minimum Gasteiger partial charge on any atom is -0.478 e. The number of nitrogens with one attached hydrogen (secondary N) is 1. The molecule has 1 aromatic heterocycles. The summed E-state index contributed by atoms with van der Waals surface area (Å²) in [6, 6.07) is 6.79. The first-order valence-electron chi connectivity index (χ1n) is 12.0. The fourth-order valence-corrected chi connectivity index (χ4v) is 5.74. The standard InChI is InChI=1S/C26H31Cl2N3O5/c1-25(2,35)18-11-21(20(28)12-19(18)27)36-26(3,4)24(34)30-15-9-16-6-7-17(10-15)31(16)22-8-5-14(13-29-22)23(32)33/h5,8,11-13,15-17,35H,6-7,9-10H2,1-4H3,(H,30,34)(H,32,33)/t15?,16-,17+. The second kappa shape index (κ2) is 9.72. The number of carboxylic acids is 1. The highest BCUT2D eigenvalue weighted by molar-refractivity contribution is 6.36. The van der Waals surface area contributed by atoms with Crippen LogP contribution in [0.25, 0.3) is 0 Å². The number of aliphatic hydroxyl groups is 1. The minimum atomic E-state index is -1.22. The Morgan fingerprint density at radius 2 is 1.72 bits per heavy atom. The summed E-state index contributed by atoms with van der Waals surface area (Å²) in [4.78, 5) is 31.0. The molecule has 2 bridgehead atoms. The maximum Gasteiger partial charge on any atom is 0.337 e. The topological polar surface area (TPSA) is 112 Å². The van der Waals surface area contributed by atoms with Gasteiger partial charge in [-0.3, -0.25) is 4.79 Å². The second-order valence-corrected chi connectivity index (χ2v) is 11.4. The van der Waals surface area contributed by atoms with E-state index in [2.05, 4.69) is 15.2 Å². The lowest BCUT2D eigenvalue weighted by Crippen LogP contribution is -2.55. The van der Waals surface area contributed by atoms with E-state index in [0.29, 0.717) is 10.6 Å². The summed E-state index contributed by atoms with van der Waals surface area (Å²) in [6.45, 7) is 6.57. The zero-order valence-corrected chi connectivity index (χ0v) is 22.2.